The molecule has 0 amide bonds. The molecule has 0 heterocycles. The third-order valence-electron chi connectivity index (χ3n) is 1.74. The van der Waals surface area contributed by atoms with Crippen molar-refractivity contribution in [1.82, 2.24) is 0 Å². The van der Waals surface area contributed by atoms with Crippen LogP contribution in [0.5, 0.6) is 0 Å². The van der Waals surface area contributed by atoms with Gasteiger partial charge in [0.15, 0.2) is 0 Å². The topological polar surface area (TPSA) is 0 Å². The van der Waals surface area contributed by atoms with Crippen molar-refractivity contribution in [3.05, 3.63) is 39.9 Å². The van der Waals surface area contributed by atoms with Gasteiger partial charge in [-0.3, -0.25) is 0 Å². The van der Waals surface area contributed by atoms with Crippen LogP contribution >= 0.6 is 11.8 Å². The maximum atomic E-state index is 4.14. The molecule has 0 aliphatic heterocycles. The number of thioether (sulfide) groups is 1. The molecule has 0 nitrogen and oxygen atoms in total. The zero-order chi connectivity index (χ0) is 10.2. The van der Waals surface area contributed by atoms with Crippen LogP contribution in [0.4, 0.5) is 0 Å². The summed E-state index contributed by atoms with van der Waals surface area (Å²) in [5, 5.41) is 0. The Hall–Kier alpha value is 0.0996. The van der Waals surface area contributed by atoms with E-state index in [0.29, 0.717) is 0 Å². The number of rotatable bonds is 6. The van der Waals surface area contributed by atoms with Gasteiger partial charge in [0.2, 0.25) is 0 Å². The maximum absolute atomic E-state index is 4.14. The molecule has 1 aromatic carbocycles. The van der Waals surface area contributed by atoms with Crippen LogP contribution in [0.3, 0.4) is 0 Å². The molecule has 1 rings (SSSR count). The summed E-state index contributed by atoms with van der Waals surface area (Å²) < 4.78 is 2.82. The monoisotopic (exact) mass is 322 g/mol. The van der Waals surface area contributed by atoms with E-state index in [1.807, 2.05) is 11.8 Å². The van der Waals surface area contributed by atoms with Crippen molar-refractivity contribution in [2.75, 3.05) is 0 Å². The molecule has 0 atom stereocenters. The summed E-state index contributed by atoms with van der Waals surface area (Å²) in [5.41, 5.74) is 0. The van der Waals surface area contributed by atoms with Gasteiger partial charge in [0, 0.05) is 0 Å². The first-order valence-electron chi connectivity index (χ1n) is 4.87. The van der Waals surface area contributed by atoms with E-state index in [4.69, 9.17) is 0 Å². The molecule has 76 valence electrons. The van der Waals surface area contributed by atoms with Crippen LogP contribution in [0.1, 0.15) is 19.8 Å². The Balaban J connectivity index is 2.27. The van der Waals surface area contributed by atoms with Gasteiger partial charge in [0.25, 0.3) is 0 Å². The fourth-order valence-electron chi connectivity index (χ4n) is 0.980. The SMILES string of the molecule is C=C(Sc1ccccc1)[Te]CCCC. The summed E-state index contributed by atoms with van der Waals surface area (Å²) in [6.45, 7) is 6.39. The molecule has 0 fully saturated rings. The fraction of sp³-hybridized carbons (Fsp3) is 0.333. The Morgan fingerprint density at radius 1 is 1.36 bits per heavy atom. The molecule has 0 spiro atoms. The van der Waals surface area contributed by atoms with Gasteiger partial charge in [0.1, 0.15) is 0 Å². The van der Waals surface area contributed by atoms with Gasteiger partial charge in [-0.05, 0) is 0 Å². The molecule has 0 aliphatic rings. The summed E-state index contributed by atoms with van der Waals surface area (Å²) in [6, 6.07) is 10.5. The van der Waals surface area contributed by atoms with Crippen LogP contribution in [-0.4, -0.2) is 20.9 Å². The van der Waals surface area contributed by atoms with Gasteiger partial charge < -0.3 is 0 Å². The number of unbranched alkanes of at least 4 members (excludes halogenated alkanes) is 1. The molecule has 14 heavy (non-hydrogen) atoms. The van der Waals surface area contributed by atoms with Gasteiger partial charge in [-0.2, -0.15) is 0 Å². The molecular formula is C12H16STe. The average Bonchev–Trinajstić information content (AvgIpc) is 2.20. The van der Waals surface area contributed by atoms with Gasteiger partial charge in [-0.25, -0.2) is 0 Å². The van der Waals surface area contributed by atoms with Crippen molar-refractivity contribution >= 4 is 32.7 Å². The molecule has 2 heteroatoms. The van der Waals surface area contributed by atoms with E-state index < -0.39 is 0 Å². The molecule has 0 radical (unpaired) electrons. The zero-order valence-electron chi connectivity index (χ0n) is 8.53. The van der Waals surface area contributed by atoms with E-state index in [2.05, 4.69) is 43.8 Å². The Labute approximate surface area is 101 Å². The Kier molecular flexibility index (Phi) is 6.43. The van der Waals surface area contributed by atoms with Gasteiger partial charge >= 0.3 is 102 Å². The van der Waals surface area contributed by atoms with Crippen LogP contribution in [0.2, 0.25) is 4.47 Å². The summed E-state index contributed by atoms with van der Waals surface area (Å²) in [4.78, 5) is 1.33. The summed E-state index contributed by atoms with van der Waals surface area (Å²) in [6.07, 6.45) is 2.69. The molecule has 0 saturated heterocycles. The third-order valence-corrected chi connectivity index (χ3v) is 6.30. The first kappa shape index (κ1) is 12.2. The van der Waals surface area contributed by atoms with E-state index in [0.717, 1.165) is 0 Å². The molecule has 0 aliphatic carbocycles. The normalized spacial score (nSPS) is 10.1. The molecule has 0 N–H and O–H groups in total. The number of hydrogen-bond donors (Lipinski definition) is 0. The van der Waals surface area contributed by atoms with E-state index in [-0.39, 0.29) is 20.9 Å². The van der Waals surface area contributed by atoms with E-state index in [9.17, 15) is 0 Å². The van der Waals surface area contributed by atoms with Crippen molar-refractivity contribution in [2.45, 2.75) is 29.1 Å². The minimum absolute atomic E-state index is 0.0260. The molecule has 0 aromatic heterocycles. The second-order valence-electron chi connectivity index (χ2n) is 2.99. The Morgan fingerprint density at radius 2 is 2.07 bits per heavy atom. The first-order chi connectivity index (χ1) is 6.83. The first-order valence-corrected chi connectivity index (χ1v) is 8.50. The van der Waals surface area contributed by atoms with Crippen molar-refractivity contribution < 1.29 is 0 Å². The zero-order valence-corrected chi connectivity index (χ0v) is 11.7. The Morgan fingerprint density at radius 3 is 2.71 bits per heavy atom. The second kappa shape index (κ2) is 7.40. The van der Waals surface area contributed by atoms with Crippen molar-refractivity contribution in [3.8, 4) is 0 Å². The summed E-state index contributed by atoms with van der Waals surface area (Å²) >= 11 is 1.88. The van der Waals surface area contributed by atoms with Gasteiger partial charge in [-0.1, -0.05) is 0 Å². The van der Waals surface area contributed by atoms with Crippen molar-refractivity contribution in [2.24, 2.45) is 0 Å². The van der Waals surface area contributed by atoms with Crippen molar-refractivity contribution in [1.29, 1.82) is 0 Å². The third kappa shape index (κ3) is 5.10. The van der Waals surface area contributed by atoms with Crippen LogP contribution in [-0.2, 0) is 0 Å². The van der Waals surface area contributed by atoms with Crippen molar-refractivity contribution in [3.63, 3.8) is 0 Å². The quantitative estimate of drug-likeness (QED) is 0.431. The summed E-state index contributed by atoms with van der Waals surface area (Å²) in [5.74, 6) is 0. The molecule has 0 bridgehead atoms. The van der Waals surface area contributed by atoms with Gasteiger partial charge in [0.05, 0.1) is 0 Å². The van der Waals surface area contributed by atoms with Crippen LogP contribution < -0.4 is 0 Å². The van der Waals surface area contributed by atoms with E-state index in [1.54, 1.807) is 0 Å². The average molecular weight is 320 g/mol. The number of benzene rings is 1. The molecule has 1 aromatic rings. The molecule has 0 saturated carbocycles. The van der Waals surface area contributed by atoms with Crippen LogP contribution in [0.15, 0.2) is 44.8 Å². The summed E-state index contributed by atoms with van der Waals surface area (Å²) in [7, 11) is 0. The minimum atomic E-state index is 0.0260. The molecule has 0 unspecified atom stereocenters. The van der Waals surface area contributed by atoms with E-state index >= 15 is 0 Å². The predicted molar refractivity (Wildman–Crippen MR) is 66.9 cm³/mol. The van der Waals surface area contributed by atoms with Crippen LogP contribution in [0, 0.1) is 0 Å². The standard InChI is InChI=1S/C12H16STe/c1-3-4-10-14-11(2)13-12-8-6-5-7-9-12/h5-9H,2-4,10H2,1H3. The number of hydrogen-bond acceptors (Lipinski definition) is 1. The Bertz CT molecular complexity index is 269. The fourth-order valence-corrected chi connectivity index (χ4v) is 5.37. The van der Waals surface area contributed by atoms with Crippen LogP contribution in [0.25, 0.3) is 0 Å². The molecular weight excluding hydrogens is 304 g/mol. The van der Waals surface area contributed by atoms with Gasteiger partial charge in [-0.15, -0.1) is 0 Å². The predicted octanol–water partition coefficient (Wildman–Crippen LogP) is 4.17. The van der Waals surface area contributed by atoms with E-state index in [1.165, 1.54) is 25.2 Å². The second-order valence-corrected chi connectivity index (χ2v) is 8.36.